The van der Waals surface area contributed by atoms with Gasteiger partial charge in [0, 0.05) is 13.0 Å². The van der Waals surface area contributed by atoms with Crippen molar-refractivity contribution in [1.82, 2.24) is 0 Å². The van der Waals surface area contributed by atoms with Crippen molar-refractivity contribution in [2.24, 2.45) is 0 Å². The second-order valence-electron chi connectivity index (χ2n) is 5.64. The Bertz CT molecular complexity index is 783. The van der Waals surface area contributed by atoms with Crippen molar-refractivity contribution in [2.75, 3.05) is 0 Å². The molecule has 0 radical (unpaired) electrons. The molecule has 0 aromatic heterocycles. The fourth-order valence-electron chi connectivity index (χ4n) is 2.24. The number of alkyl halides is 6. The molecule has 26 heavy (non-hydrogen) atoms. The number of rotatable bonds is 6. The molecule has 9 heteroatoms. The van der Waals surface area contributed by atoms with Crippen molar-refractivity contribution in [3.05, 3.63) is 64.7 Å². The summed E-state index contributed by atoms with van der Waals surface area (Å²) < 4.78 is 108. The van der Waals surface area contributed by atoms with Gasteiger partial charge in [-0.3, -0.25) is 0 Å². The van der Waals surface area contributed by atoms with Gasteiger partial charge >= 0.3 is 12.5 Å². The SMILES string of the molecule is CC(F)(F)c1cc(Cc2cc(F)cc(OC(F)(F)C(F)F)c2)ccc1F. The van der Waals surface area contributed by atoms with Crippen LogP contribution in [0.15, 0.2) is 36.4 Å². The van der Waals surface area contributed by atoms with Crippen LogP contribution in [-0.4, -0.2) is 12.5 Å². The Morgan fingerprint density at radius 1 is 0.923 bits per heavy atom. The molecule has 2 aromatic rings. The Hall–Kier alpha value is -2.32. The van der Waals surface area contributed by atoms with E-state index < -0.39 is 41.4 Å². The highest BCUT2D eigenvalue weighted by molar-refractivity contribution is 5.36. The lowest BCUT2D eigenvalue weighted by Crippen LogP contribution is -2.33. The third-order valence-electron chi connectivity index (χ3n) is 3.35. The molecule has 0 aliphatic carbocycles. The summed E-state index contributed by atoms with van der Waals surface area (Å²) in [4.78, 5) is 0. The molecule has 0 saturated heterocycles. The van der Waals surface area contributed by atoms with Crippen molar-refractivity contribution in [3.63, 3.8) is 0 Å². The summed E-state index contributed by atoms with van der Waals surface area (Å²) in [5.41, 5.74) is -0.755. The fourth-order valence-corrected chi connectivity index (χ4v) is 2.24. The molecule has 0 spiro atoms. The first kappa shape index (κ1) is 20.0. The van der Waals surface area contributed by atoms with E-state index in [2.05, 4.69) is 4.74 Å². The lowest BCUT2D eigenvalue weighted by molar-refractivity contribution is -0.253. The molecule has 2 aromatic carbocycles. The molecule has 0 amide bonds. The van der Waals surface area contributed by atoms with Crippen molar-refractivity contribution in [3.8, 4) is 5.75 Å². The number of hydrogen-bond acceptors (Lipinski definition) is 1. The smallest absolute Gasteiger partial charge is 0.428 e. The zero-order valence-corrected chi connectivity index (χ0v) is 13.2. The summed E-state index contributed by atoms with van der Waals surface area (Å²) in [6, 6.07) is 5.05. The minimum absolute atomic E-state index is 0.0120. The molecule has 0 fully saturated rings. The van der Waals surface area contributed by atoms with E-state index in [0.29, 0.717) is 13.0 Å². The molecular formula is C17H12F8O. The van der Waals surface area contributed by atoms with Gasteiger partial charge in [0.1, 0.15) is 17.4 Å². The minimum atomic E-state index is -4.82. The third kappa shape index (κ3) is 4.86. The molecule has 0 bridgehead atoms. The van der Waals surface area contributed by atoms with Gasteiger partial charge in [0.25, 0.3) is 5.92 Å². The molecule has 0 heterocycles. The predicted molar refractivity (Wildman–Crippen MR) is 76.8 cm³/mol. The molecule has 0 saturated carbocycles. The fraction of sp³-hybridized carbons (Fsp3) is 0.294. The molecule has 0 aliphatic rings. The van der Waals surface area contributed by atoms with Gasteiger partial charge in [0.15, 0.2) is 0 Å². The van der Waals surface area contributed by atoms with Gasteiger partial charge in [0.2, 0.25) is 0 Å². The predicted octanol–water partition coefficient (Wildman–Crippen LogP) is 5.90. The molecule has 0 atom stereocenters. The van der Waals surface area contributed by atoms with Gasteiger partial charge in [-0.05, 0) is 41.8 Å². The van der Waals surface area contributed by atoms with Crippen LogP contribution >= 0.6 is 0 Å². The van der Waals surface area contributed by atoms with Crippen molar-refractivity contribution in [2.45, 2.75) is 31.8 Å². The maximum atomic E-state index is 13.5. The van der Waals surface area contributed by atoms with Crippen LogP contribution in [0.4, 0.5) is 35.1 Å². The highest BCUT2D eigenvalue weighted by atomic mass is 19.3. The van der Waals surface area contributed by atoms with Gasteiger partial charge in [0.05, 0.1) is 5.56 Å². The first-order valence-corrected chi connectivity index (χ1v) is 7.19. The second kappa shape index (κ2) is 7.13. The van der Waals surface area contributed by atoms with Crippen LogP contribution in [0.25, 0.3) is 0 Å². The largest absolute Gasteiger partial charge is 0.461 e. The normalized spacial score (nSPS) is 12.5. The number of hydrogen-bond donors (Lipinski definition) is 0. The Morgan fingerprint density at radius 3 is 2.15 bits per heavy atom. The van der Waals surface area contributed by atoms with Gasteiger partial charge in [-0.2, -0.15) is 17.6 Å². The number of halogens is 8. The van der Waals surface area contributed by atoms with E-state index >= 15 is 0 Å². The highest BCUT2D eigenvalue weighted by Gasteiger charge is 2.44. The second-order valence-corrected chi connectivity index (χ2v) is 5.64. The van der Waals surface area contributed by atoms with Crippen LogP contribution in [-0.2, 0) is 12.3 Å². The summed E-state index contributed by atoms with van der Waals surface area (Å²) in [5, 5.41) is 0. The molecule has 0 N–H and O–H groups in total. The zero-order chi connectivity index (χ0) is 19.7. The molecule has 2 rings (SSSR count). The van der Waals surface area contributed by atoms with Crippen molar-refractivity contribution < 1.29 is 39.9 Å². The lowest BCUT2D eigenvalue weighted by atomic mass is 10.00. The van der Waals surface area contributed by atoms with E-state index in [1.807, 2.05) is 0 Å². The zero-order valence-electron chi connectivity index (χ0n) is 13.2. The molecule has 1 nitrogen and oxygen atoms in total. The number of ether oxygens (including phenoxy) is 1. The Labute approximate surface area is 143 Å². The van der Waals surface area contributed by atoms with Crippen molar-refractivity contribution >= 4 is 0 Å². The maximum Gasteiger partial charge on any atom is 0.461 e. The van der Waals surface area contributed by atoms with Crippen LogP contribution < -0.4 is 4.74 Å². The standard InChI is InChI=1S/C17H12F8O/c1-16(22,23)13-7-9(2-3-14(13)19)4-10-5-11(18)8-12(6-10)26-17(24,25)15(20)21/h2-3,5-8,15H,4H2,1H3. The molecule has 0 unspecified atom stereocenters. The summed E-state index contributed by atoms with van der Waals surface area (Å²) in [6.07, 6.45) is -9.18. The van der Waals surface area contributed by atoms with Crippen LogP contribution in [0.2, 0.25) is 0 Å². The summed E-state index contributed by atoms with van der Waals surface area (Å²) in [7, 11) is 0. The van der Waals surface area contributed by atoms with Crippen LogP contribution in [0.1, 0.15) is 23.6 Å². The molecule has 0 aliphatic heterocycles. The van der Waals surface area contributed by atoms with E-state index in [9.17, 15) is 35.1 Å². The van der Waals surface area contributed by atoms with E-state index in [0.717, 1.165) is 30.3 Å². The first-order valence-electron chi connectivity index (χ1n) is 7.19. The lowest BCUT2D eigenvalue weighted by Gasteiger charge is -2.17. The average molecular weight is 384 g/mol. The summed E-state index contributed by atoms with van der Waals surface area (Å²) in [6.45, 7) is 0.496. The third-order valence-corrected chi connectivity index (χ3v) is 3.35. The first-order chi connectivity index (χ1) is 11.9. The maximum absolute atomic E-state index is 13.5. The Kier molecular flexibility index (Phi) is 5.48. The number of benzene rings is 2. The summed E-state index contributed by atoms with van der Waals surface area (Å²) in [5.74, 6) is -6.50. The van der Waals surface area contributed by atoms with Gasteiger partial charge in [-0.1, -0.05) is 6.07 Å². The Morgan fingerprint density at radius 2 is 1.58 bits per heavy atom. The van der Waals surface area contributed by atoms with Crippen LogP contribution in [0.3, 0.4) is 0 Å². The highest BCUT2D eigenvalue weighted by Crippen LogP contribution is 2.32. The van der Waals surface area contributed by atoms with Gasteiger partial charge in [-0.25, -0.2) is 17.6 Å². The topological polar surface area (TPSA) is 9.23 Å². The quantitative estimate of drug-likeness (QED) is 0.563. The Balaban J connectivity index is 2.31. The van der Waals surface area contributed by atoms with E-state index in [-0.39, 0.29) is 17.5 Å². The average Bonchev–Trinajstić information content (AvgIpc) is 2.46. The van der Waals surface area contributed by atoms with E-state index in [4.69, 9.17) is 0 Å². The monoisotopic (exact) mass is 384 g/mol. The molecular weight excluding hydrogens is 372 g/mol. The van der Waals surface area contributed by atoms with Crippen molar-refractivity contribution in [1.29, 1.82) is 0 Å². The van der Waals surface area contributed by atoms with Crippen LogP contribution in [0, 0.1) is 11.6 Å². The summed E-state index contributed by atoms with van der Waals surface area (Å²) >= 11 is 0. The van der Waals surface area contributed by atoms with Gasteiger partial charge in [-0.15, -0.1) is 0 Å². The minimum Gasteiger partial charge on any atom is -0.428 e. The van der Waals surface area contributed by atoms with Crippen LogP contribution in [0.5, 0.6) is 5.75 Å². The van der Waals surface area contributed by atoms with Gasteiger partial charge < -0.3 is 4.74 Å². The molecule has 142 valence electrons. The van der Waals surface area contributed by atoms with E-state index in [1.165, 1.54) is 0 Å². The van der Waals surface area contributed by atoms with E-state index in [1.54, 1.807) is 0 Å².